The van der Waals surface area contributed by atoms with Crippen molar-refractivity contribution in [1.29, 1.82) is 0 Å². The molecule has 1 fully saturated rings. The monoisotopic (exact) mass is 352 g/mol. The summed E-state index contributed by atoms with van der Waals surface area (Å²) in [5.41, 5.74) is 2.01. The highest BCUT2D eigenvalue weighted by molar-refractivity contribution is 5.83. The van der Waals surface area contributed by atoms with Gasteiger partial charge in [0, 0.05) is 6.54 Å². The standard InChI is InChI=1S/C21H24N2O3/c24-19(26-15-17-9-5-2-6-10-17)13-18-11-12-22-20(18)21(25)23-14-16-7-3-1-4-8-16/h1-10,18,20,22H,11-15H2,(H,23,25)/t18-,20+/m0/s1. The number of hydrogen-bond donors (Lipinski definition) is 2. The first-order valence-corrected chi connectivity index (χ1v) is 8.97. The Kier molecular flexibility index (Phi) is 6.39. The van der Waals surface area contributed by atoms with Crippen LogP contribution in [0, 0.1) is 5.92 Å². The Morgan fingerprint density at radius 2 is 1.65 bits per heavy atom. The predicted molar refractivity (Wildman–Crippen MR) is 99.0 cm³/mol. The van der Waals surface area contributed by atoms with E-state index in [2.05, 4.69) is 10.6 Å². The summed E-state index contributed by atoms with van der Waals surface area (Å²) < 4.78 is 5.35. The van der Waals surface area contributed by atoms with Crippen LogP contribution in [0.2, 0.25) is 0 Å². The summed E-state index contributed by atoms with van der Waals surface area (Å²) in [6.45, 7) is 1.49. The summed E-state index contributed by atoms with van der Waals surface area (Å²) in [5.74, 6) is -0.357. The molecule has 5 nitrogen and oxygen atoms in total. The van der Waals surface area contributed by atoms with Crippen molar-refractivity contribution in [1.82, 2.24) is 10.6 Å². The quantitative estimate of drug-likeness (QED) is 0.751. The van der Waals surface area contributed by atoms with E-state index >= 15 is 0 Å². The molecular weight excluding hydrogens is 328 g/mol. The molecule has 0 bridgehead atoms. The van der Waals surface area contributed by atoms with Crippen molar-refractivity contribution < 1.29 is 14.3 Å². The van der Waals surface area contributed by atoms with Gasteiger partial charge in [0.15, 0.2) is 0 Å². The van der Waals surface area contributed by atoms with Crippen molar-refractivity contribution in [2.75, 3.05) is 6.54 Å². The molecule has 0 radical (unpaired) electrons. The van der Waals surface area contributed by atoms with Gasteiger partial charge in [-0.2, -0.15) is 0 Å². The number of carbonyl (C=O) groups excluding carboxylic acids is 2. The first-order chi connectivity index (χ1) is 12.7. The van der Waals surface area contributed by atoms with Crippen LogP contribution in [0.1, 0.15) is 24.0 Å². The van der Waals surface area contributed by atoms with Crippen molar-refractivity contribution in [3.05, 3.63) is 71.8 Å². The maximum Gasteiger partial charge on any atom is 0.306 e. The van der Waals surface area contributed by atoms with Gasteiger partial charge < -0.3 is 15.4 Å². The fourth-order valence-corrected chi connectivity index (χ4v) is 3.19. The summed E-state index contributed by atoms with van der Waals surface area (Å²) in [7, 11) is 0. The second-order valence-electron chi connectivity index (χ2n) is 6.53. The molecule has 26 heavy (non-hydrogen) atoms. The lowest BCUT2D eigenvalue weighted by Gasteiger charge is -2.18. The third-order valence-electron chi connectivity index (χ3n) is 4.61. The van der Waals surface area contributed by atoms with Crippen LogP contribution in [0.3, 0.4) is 0 Å². The Bertz CT molecular complexity index is 719. The second kappa shape index (κ2) is 9.15. The van der Waals surface area contributed by atoms with E-state index in [1.807, 2.05) is 60.7 Å². The molecule has 5 heteroatoms. The summed E-state index contributed by atoms with van der Waals surface area (Å²) in [6.07, 6.45) is 1.05. The smallest absolute Gasteiger partial charge is 0.306 e. The number of nitrogens with one attached hydrogen (secondary N) is 2. The lowest BCUT2D eigenvalue weighted by Crippen LogP contribution is -2.44. The SMILES string of the molecule is O=C(C[C@@H]1CCN[C@H]1C(=O)NCc1ccccc1)OCc1ccccc1. The van der Waals surface area contributed by atoms with Gasteiger partial charge in [-0.3, -0.25) is 9.59 Å². The number of rotatable bonds is 7. The van der Waals surface area contributed by atoms with E-state index in [1.54, 1.807) is 0 Å². The van der Waals surface area contributed by atoms with E-state index in [0.717, 1.165) is 24.1 Å². The predicted octanol–water partition coefficient (Wildman–Crippen LogP) is 2.41. The van der Waals surface area contributed by atoms with Crippen molar-refractivity contribution in [2.24, 2.45) is 5.92 Å². The van der Waals surface area contributed by atoms with Crippen LogP contribution in [0.5, 0.6) is 0 Å². The van der Waals surface area contributed by atoms with Crippen molar-refractivity contribution in [2.45, 2.75) is 32.0 Å². The summed E-state index contributed by atoms with van der Waals surface area (Å²) in [5, 5.41) is 6.15. The van der Waals surface area contributed by atoms with Crippen molar-refractivity contribution >= 4 is 11.9 Å². The van der Waals surface area contributed by atoms with E-state index in [9.17, 15) is 9.59 Å². The first kappa shape index (κ1) is 18.1. The fourth-order valence-electron chi connectivity index (χ4n) is 3.19. The lowest BCUT2D eigenvalue weighted by atomic mass is 9.96. The van der Waals surface area contributed by atoms with Gasteiger partial charge >= 0.3 is 5.97 Å². The Morgan fingerprint density at radius 3 is 2.35 bits per heavy atom. The zero-order valence-electron chi connectivity index (χ0n) is 14.7. The molecule has 1 heterocycles. The minimum absolute atomic E-state index is 0.0333. The number of carbonyl (C=O) groups is 2. The lowest BCUT2D eigenvalue weighted by molar-refractivity contribution is -0.146. The molecule has 1 aliphatic heterocycles. The Hall–Kier alpha value is -2.66. The van der Waals surface area contributed by atoms with Crippen molar-refractivity contribution in [3.63, 3.8) is 0 Å². The maximum atomic E-state index is 12.5. The molecule has 2 atom stereocenters. The highest BCUT2D eigenvalue weighted by Gasteiger charge is 2.34. The minimum Gasteiger partial charge on any atom is -0.461 e. The molecule has 1 saturated heterocycles. The molecular formula is C21H24N2O3. The van der Waals surface area contributed by atoms with Gasteiger partial charge in [-0.1, -0.05) is 60.7 Å². The van der Waals surface area contributed by atoms with Crippen LogP contribution >= 0.6 is 0 Å². The highest BCUT2D eigenvalue weighted by Crippen LogP contribution is 2.21. The van der Waals surface area contributed by atoms with Gasteiger partial charge in [-0.25, -0.2) is 0 Å². The number of hydrogen-bond acceptors (Lipinski definition) is 4. The molecule has 0 saturated carbocycles. The number of amides is 1. The molecule has 2 aromatic rings. The van der Waals surface area contributed by atoms with E-state index in [4.69, 9.17) is 4.74 Å². The van der Waals surface area contributed by atoms with Crippen LogP contribution in [0.4, 0.5) is 0 Å². The van der Waals surface area contributed by atoms with E-state index in [0.29, 0.717) is 6.54 Å². The number of ether oxygens (including phenoxy) is 1. The average molecular weight is 352 g/mol. The summed E-state index contributed by atoms with van der Waals surface area (Å²) in [6, 6.07) is 19.0. The fraction of sp³-hybridized carbons (Fsp3) is 0.333. The Labute approximate surface area is 153 Å². The number of esters is 1. The van der Waals surface area contributed by atoms with Gasteiger partial charge in [0.25, 0.3) is 0 Å². The van der Waals surface area contributed by atoms with Crippen LogP contribution in [0.15, 0.2) is 60.7 Å². The zero-order valence-corrected chi connectivity index (χ0v) is 14.7. The maximum absolute atomic E-state index is 12.5. The molecule has 136 valence electrons. The van der Waals surface area contributed by atoms with Crippen LogP contribution in [-0.2, 0) is 27.5 Å². The third kappa shape index (κ3) is 5.17. The zero-order chi connectivity index (χ0) is 18.2. The van der Waals surface area contributed by atoms with Gasteiger partial charge in [-0.15, -0.1) is 0 Å². The molecule has 0 spiro atoms. The summed E-state index contributed by atoms with van der Waals surface area (Å²) >= 11 is 0. The molecule has 0 unspecified atom stereocenters. The highest BCUT2D eigenvalue weighted by atomic mass is 16.5. The van der Waals surface area contributed by atoms with Gasteiger partial charge in [0.1, 0.15) is 6.61 Å². The Morgan fingerprint density at radius 1 is 1.00 bits per heavy atom. The van der Waals surface area contributed by atoms with Crippen LogP contribution in [-0.4, -0.2) is 24.5 Å². The second-order valence-corrected chi connectivity index (χ2v) is 6.53. The topological polar surface area (TPSA) is 67.4 Å². The summed E-state index contributed by atoms with van der Waals surface area (Å²) in [4.78, 5) is 24.6. The molecule has 2 N–H and O–H groups in total. The van der Waals surface area contributed by atoms with E-state index in [1.165, 1.54) is 0 Å². The molecule has 1 aliphatic rings. The molecule has 2 aromatic carbocycles. The average Bonchev–Trinajstić information content (AvgIpc) is 3.14. The normalized spacial score (nSPS) is 19.1. The first-order valence-electron chi connectivity index (χ1n) is 8.97. The molecule has 1 amide bonds. The number of benzene rings is 2. The molecule has 3 rings (SSSR count). The minimum atomic E-state index is -0.344. The van der Waals surface area contributed by atoms with E-state index < -0.39 is 0 Å². The third-order valence-corrected chi connectivity index (χ3v) is 4.61. The Balaban J connectivity index is 1.46. The van der Waals surface area contributed by atoms with Crippen LogP contribution < -0.4 is 10.6 Å². The molecule has 0 aromatic heterocycles. The van der Waals surface area contributed by atoms with Gasteiger partial charge in [-0.05, 0) is 30.0 Å². The van der Waals surface area contributed by atoms with Crippen molar-refractivity contribution in [3.8, 4) is 0 Å². The van der Waals surface area contributed by atoms with Crippen LogP contribution in [0.25, 0.3) is 0 Å². The molecule has 0 aliphatic carbocycles. The van der Waals surface area contributed by atoms with E-state index in [-0.39, 0.29) is 36.9 Å². The largest absolute Gasteiger partial charge is 0.461 e. The van der Waals surface area contributed by atoms with Gasteiger partial charge in [0.2, 0.25) is 5.91 Å². The van der Waals surface area contributed by atoms with Gasteiger partial charge in [0.05, 0.1) is 12.5 Å².